The quantitative estimate of drug-likeness (QED) is 0.435. The van der Waals surface area contributed by atoms with Crippen molar-refractivity contribution in [2.75, 3.05) is 0 Å². The van der Waals surface area contributed by atoms with Crippen molar-refractivity contribution in [3.8, 4) is 22.5 Å². The molecule has 0 atom stereocenters. The normalized spacial score (nSPS) is 10.3. The van der Waals surface area contributed by atoms with Gasteiger partial charge >= 0.3 is 0 Å². The molecule has 0 aliphatic rings. The summed E-state index contributed by atoms with van der Waals surface area (Å²) in [6.07, 6.45) is 3.18. The van der Waals surface area contributed by atoms with Gasteiger partial charge in [0.05, 0.1) is 11.4 Å². The SMILES string of the molecule is N=C(N)c1ccc(-c2cccc(-c3ccc(C(=N)N)cn3)c2)nc1. The van der Waals surface area contributed by atoms with E-state index in [1.54, 1.807) is 24.5 Å². The molecule has 0 amide bonds. The number of benzene rings is 1. The summed E-state index contributed by atoms with van der Waals surface area (Å²) in [7, 11) is 0. The summed E-state index contributed by atoms with van der Waals surface area (Å²) in [5, 5.41) is 14.8. The molecule has 0 fully saturated rings. The second kappa shape index (κ2) is 6.29. The molecule has 0 spiro atoms. The maximum atomic E-state index is 7.41. The van der Waals surface area contributed by atoms with Gasteiger partial charge in [-0.25, -0.2) is 0 Å². The molecule has 3 aromatic rings. The van der Waals surface area contributed by atoms with E-state index in [-0.39, 0.29) is 11.7 Å². The van der Waals surface area contributed by atoms with Gasteiger partial charge in [0.2, 0.25) is 0 Å². The van der Waals surface area contributed by atoms with Gasteiger partial charge in [0, 0.05) is 34.6 Å². The van der Waals surface area contributed by atoms with Crippen LogP contribution in [-0.2, 0) is 0 Å². The Kier molecular flexibility index (Phi) is 4.03. The van der Waals surface area contributed by atoms with Crippen LogP contribution < -0.4 is 11.5 Å². The molecule has 1 aromatic carbocycles. The van der Waals surface area contributed by atoms with Crippen LogP contribution >= 0.6 is 0 Å². The van der Waals surface area contributed by atoms with E-state index in [1.807, 2.05) is 36.4 Å². The van der Waals surface area contributed by atoms with Crippen LogP contribution in [0, 0.1) is 10.8 Å². The predicted octanol–water partition coefficient (Wildman–Crippen LogP) is 2.38. The highest BCUT2D eigenvalue weighted by molar-refractivity contribution is 5.95. The first kappa shape index (κ1) is 15.4. The van der Waals surface area contributed by atoms with E-state index in [2.05, 4.69) is 9.97 Å². The zero-order valence-corrected chi connectivity index (χ0v) is 12.8. The number of hydrogen-bond donors (Lipinski definition) is 4. The van der Waals surface area contributed by atoms with Gasteiger partial charge in [-0.05, 0) is 30.3 Å². The molecule has 3 rings (SSSR count). The van der Waals surface area contributed by atoms with Crippen molar-refractivity contribution >= 4 is 11.7 Å². The minimum atomic E-state index is -0.00226. The first-order valence-electron chi connectivity index (χ1n) is 7.26. The molecule has 0 saturated heterocycles. The maximum absolute atomic E-state index is 7.41. The predicted molar refractivity (Wildman–Crippen MR) is 94.9 cm³/mol. The van der Waals surface area contributed by atoms with Crippen LogP contribution in [0.25, 0.3) is 22.5 Å². The molecular formula is C18H16N6. The second-order valence-corrected chi connectivity index (χ2v) is 5.27. The summed E-state index contributed by atoms with van der Waals surface area (Å²) in [4.78, 5) is 8.71. The fourth-order valence-corrected chi connectivity index (χ4v) is 2.29. The summed E-state index contributed by atoms with van der Waals surface area (Å²) in [6, 6.07) is 15.1. The Morgan fingerprint density at radius 2 is 1.17 bits per heavy atom. The monoisotopic (exact) mass is 316 g/mol. The molecule has 6 nitrogen and oxygen atoms in total. The molecule has 2 aromatic heterocycles. The number of rotatable bonds is 4. The zero-order chi connectivity index (χ0) is 17.1. The Bertz CT molecular complexity index is 825. The minimum Gasteiger partial charge on any atom is -0.384 e. The van der Waals surface area contributed by atoms with Gasteiger partial charge in [0.15, 0.2) is 0 Å². The van der Waals surface area contributed by atoms with Gasteiger partial charge < -0.3 is 11.5 Å². The van der Waals surface area contributed by atoms with Crippen LogP contribution in [0.5, 0.6) is 0 Å². The number of nitrogens with one attached hydrogen (secondary N) is 2. The van der Waals surface area contributed by atoms with Crippen LogP contribution in [0.1, 0.15) is 11.1 Å². The Balaban J connectivity index is 1.94. The zero-order valence-electron chi connectivity index (χ0n) is 12.8. The molecule has 0 saturated carbocycles. The van der Waals surface area contributed by atoms with Gasteiger partial charge in [-0.2, -0.15) is 0 Å². The summed E-state index contributed by atoms with van der Waals surface area (Å²) >= 11 is 0. The Morgan fingerprint density at radius 1 is 0.708 bits per heavy atom. The second-order valence-electron chi connectivity index (χ2n) is 5.27. The molecule has 0 aliphatic carbocycles. The number of aromatic nitrogens is 2. The summed E-state index contributed by atoms with van der Waals surface area (Å²) in [5.41, 5.74) is 15.6. The number of hydrogen-bond acceptors (Lipinski definition) is 4. The largest absolute Gasteiger partial charge is 0.384 e. The van der Waals surface area contributed by atoms with E-state index < -0.39 is 0 Å². The Labute approximate surface area is 139 Å². The number of nitrogens with zero attached hydrogens (tertiary/aromatic N) is 2. The summed E-state index contributed by atoms with van der Waals surface area (Å²) in [5.74, 6) is -0.00452. The maximum Gasteiger partial charge on any atom is 0.124 e. The molecule has 2 heterocycles. The molecular weight excluding hydrogens is 300 g/mol. The fraction of sp³-hybridized carbons (Fsp3) is 0. The summed E-state index contributed by atoms with van der Waals surface area (Å²) in [6.45, 7) is 0. The van der Waals surface area contributed by atoms with E-state index in [0.717, 1.165) is 22.5 Å². The molecule has 6 N–H and O–H groups in total. The average Bonchev–Trinajstić information content (AvgIpc) is 2.62. The summed E-state index contributed by atoms with van der Waals surface area (Å²) < 4.78 is 0. The van der Waals surface area contributed by atoms with E-state index in [9.17, 15) is 0 Å². The van der Waals surface area contributed by atoms with Crippen LogP contribution in [0.4, 0.5) is 0 Å². The smallest absolute Gasteiger partial charge is 0.124 e. The third-order valence-electron chi connectivity index (χ3n) is 3.60. The van der Waals surface area contributed by atoms with Crippen LogP contribution in [-0.4, -0.2) is 21.6 Å². The van der Waals surface area contributed by atoms with Gasteiger partial charge in [-0.15, -0.1) is 0 Å². The Morgan fingerprint density at radius 3 is 1.50 bits per heavy atom. The molecule has 24 heavy (non-hydrogen) atoms. The lowest BCUT2D eigenvalue weighted by molar-refractivity contribution is 1.28. The highest BCUT2D eigenvalue weighted by Crippen LogP contribution is 2.24. The van der Waals surface area contributed by atoms with Crippen molar-refractivity contribution in [1.29, 1.82) is 10.8 Å². The van der Waals surface area contributed by atoms with E-state index in [4.69, 9.17) is 22.3 Å². The number of nitrogens with two attached hydrogens (primary N) is 2. The average molecular weight is 316 g/mol. The van der Waals surface area contributed by atoms with Gasteiger partial charge in [0.25, 0.3) is 0 Å². The fourth-order valence-electron chi connectivity index (χ4n) is 2.29. The molecule has 0 radical (unpaired) electrons. The van der Waals surface area contributed by atoms with Gasteiger partial charge in [0.1, 0.15) is 11.7 Å². The van der Waals surface area contributed by atoms with Crippen LogP contribution in [0.3, 0.4) is 0 Å². The van der Waals surface area contributed by atoms with Crippen molar-refractivity contribution in [2.24, 2.45) is 11.5 Å². The third kappa shape index (κ3) is 3.12. The Hall–Kier alpha value is -3.54. The van der Waals surface area contributed by atoms with E-state index >= 15 is 0 Å². The highest BCUT2D eigenvalue weighted by atomic mass is 14.7. The topological polar surface area (TPSA) is 126 Å². The number of nitrogen functional groups attached to an aromatic ring is 2. The van der Waals surface area contributed by atoms with E-state index in [1.165, 1.54) is 0 Å². The van der Waals surface area contributed by atoms with E-state index in [0.29, 0.717) is 11.1 Å². The number of pyridine rings is 2. The van der Waals surface area contributed by atoms with Gasteiger partial charge in [-0.3, -0.25) is 20.8 Å². The standard InChI is InChI=1S/C18H16N6/c19-17(20)13-4-6-15(23-9-13)11-2-1-3-12(8-11)16-7-5-14(10-24-16)18(21)22/h1-10H,(H3,19,20)(H3,21,22). The minimum absolute atomic E-state index is 0.00226. The third-order valence-corrected chi connectivity index (χ3v) is 3.60. The van der Waals surface area contributed by atoms with Crippen LogP contribution in [0.15, 0.2) is 60.9 Å². The molecule has 0 unspecified atom stereocenters. The van der Waals surface area contributed by atoms with Crippen molar-refractivity contribution in [3.63, 3.8) is 0 Å². The van der Waals surface area contributed by atoms with Crippen molar-refractivity contribution in [2.45, 2.75) is 0 Å². The lowest BCUT2D eigenvalue weighted by Crippen LogP contribution is -2.11. The molecule has 0 aliphatic heterocycles. The van der Waals surface area contributed by atoms with Crippen LogP contribution in [0.2, 0.25) is 0 Å². The number of amidine groups is 2. The van der Waals surface area contributed by atoms with Crippen molar-refractivity contribution in [3.05, 3.63) is 72.1 Å². The molecule has 6 heteroatoms. The van der Waals surface area contributed by atoms with Crippen molar-refractivity contribution in [1.82, 2.24) is 9.97 Å². The lowest BCUT2D eigenvalue weighted by Gasteiger charge is -2.06. The first-order chi connectivity index (χ1) is 11.5. The van der Waals surface area contributed by atoms with Gasteiger partial charge in [-0.1, -0.05) is 18.2 Å². The highest BCUT2D eigenvalue weighted by Gasteiger charge is 2.05. The molecule has 118 valence electrons. The lowest BCUT2D eigenvalue weighted by atomic mass is 10.0. The van der Waals surface area contributed by atoms with Crippen molar-refractivity contribution < 1.29 is 0 Å². The molecule has 0 bridgehead atoms. The first-order valence-corrected chi connectivity index (χ1v) is 7.26.